The molecule has 28 heavy (non-hydrogen) atoms. The van der Waals surface area contributed by atoms with Crippen molar-refractivity contribution in [2.45, 2.75) is 20.8 Å². The van der Waals surface area contributed by atoms with Crippen molar-refractivity contribution in [3.63, 3.8) is 0 Å². The molecule has 6 nitrogen and oxygen atoms in total. The van der Waals surface area contributed by atoms with Gasteiger partial charge in [0.2, 0.25) is 5.91 Å². The number of hydrogen-bond donors (Lipinski definition) is 2. The maximum Gasteiger partial charge on any atom is 0.255 e. The van der Waals surface area contributed by atoms with Crippen molar-refractivity contribution in [3.05, 3.63) is 69.5 Å². The second-order valence-corrected chi connectivity index (χ2v) is 7.06. The molecule has 144 valence electrons. The molecule has 0 radical (unpaired) electrons. The zero-order valence-electron chi connectivity index (χ0n) is 15.5. The molecule has 0 fully saturated rings. The van der Waals surface area contributed by atoms with Crippen LogP contribution in [0.5, 0.6) is 0 Å². The van der Waals surface area contributed by atoms with Gasteiger partial charge >= 0.3 is 0 Å². The third-order valence-electron chi connectivity index (χ3n) is 4.11. The number of anilines is 2. The van der Waals surface area contributed by atoms with Gasteiger partial charge in [-0.3, -0.25) is 9.59 Å². The van der Waals surface area contributed by atoms with E-state index >= 15 is 0 Å². The van der Waals surface area contributed by atoms with Crippen LogP contribution in [0.3, 0.4) is 0 Å². The number of aromatic nitrogens is 2. The lowest BCUT2D eigenvalue weighted by atomic mass is 10.2. The fourth-order valence-corrected chi connectivity index (χ4v) is 3.06. The molecule has 2 amide bonds. The Morgan fingerprint density at radius 3 is 2.21 bits per heavy atom. The normalized spacial score (nSPS) is 10.6. The zero-order valence-corrected chi connectivity index (χ0v) is 17.0. The number of aryl methyl sites for hydroxylation is 1. The van der Waals surface area contributed by atoms with Crippen molar-refractivity contribution in [3.8, 4) is 5.69 Å². The van der Waals surface area contributed by atoms with Gasteiger partial charge in [-0.05, 0) is 56.3 Å². The van der Waals surface area contributed by atoms with Crippen LogP contribution in [-0.2, 0) is 4.79 Å². The van der Waals surface area contributed by atoms with Crippen molar-refractivity contribution in [2.24, 2.45) is 0 Å². The third kappa shape index (κ3) is 4.18. The average Bonchev–Trinajstić information content (AvgIpc) is 2.91. The van der Waals surface area contributed by atoms with E-state index in [4.69, 9.17) is 23.2 Å². The Morgan fingerprint density at radius 2 is 1.68 bits per heavy atom. The fourth-order valence-electron chi connectivity index (χ4n) is 2.72. The lowest BCUT2D eigenvalue weighted by Crippen LogP contribution is -2.12. The Balaban J connectivity index is 1.75. The Kier molecular flexibility index (Phi) is 5.72. The highest BCUT2D eigenvalue weighted by Gasteiger charge is 2.12. The van der Waals surface area contributed by atoms with Crippen LogP contribution in [0.15, 0.2) is 42.5 Å². The van der Waals surface area contributed by atoms with Gasteiger partial charge < -0.3 is 10.6 Å². The Morgan fingerprint density at radius 1 is 1.00 bits per heavy atom. The van der Waals surface area contributed by atoms with E-state index in [2.05, 4.69) is 15.7 Å². The molecule has 3 aromatic rings. The first-order valence-corrected chi connectivity index (χ1v) is 9.22. The number of carbonyl (C=O) groups excluding carboxylic acids is 2. The standard InChI is InChI=1S/C20H18Cl2N4O2/c1-11-19(22)12(2)26(25-11)16-7-4-14(5-8-16)20(28)24-15-6-9-18(17(21)10-15)23-13(3)27/h4-10H,1-3H3,(H,23,27)(H,24,28). The maximum absolute atomic E-state index is 12.5. The van der Waals surface area contributed by atoms with Gasteiger partial charge in [0.25, 0.3) is 5.91 Å². The molecule has 0 atom stereocenters. The zero-order chi connectivity index (χ0) is 20.4. The van der Waals surface area contributed by atoms with Gasteiger partial charge in [-0.2, -0.15) is 5.10 Å². The van der Waals surface area contributed by atoms with E-state index in [1.807, 2.05) is 13.8 Å². The smallest absolute Gasteiger partial charge is 0.255 e. The van der Waals surface area contributed by atoms with E-state index in [9.17, 15) is 9.59 Å². The number of carbonyl (C=O) groups is 2. The van der Waals surface area contributed by atoms with E-state index in [1.54, 1.807) is 47.1 Å². The molecule has 0 saturated carbocycles. The topological polar surface area (TPSA) is 76.0 Å². The molecule has 0 unspecified atom stereocenters. The van der Waals surface area contributed by atoms with E-state index in [-0.39, 0.29) is 11.8 Å². The SMILES string of the molecule is CC(=O)Nc1ccc(NC(=O)c2ccc(-n3nc(C)c(Cl)c3C)cc2)cc1Cl. The predicted octanol–water partition coefficient (Wildman–Crippen LogP) is 5.01. The molecular formula is C20H18Cl2N4O2. The predicted molar refractivity (Wildman–Crippen MR) is 112 cm³/mol. The highest BCUT2D eigenvalue weighted by atomic mass is 35.5. The summed E-state index contributed by atoms with van der Waals surface area (Å²) in [6.45, 7) is 5.13. The first-order chi connectivity index (χ1) is 13.3. The van der Waals surface area contributed by atoms with Gasteiger partial charge in [0.15, 0.2) is 0 Å². The molecule has 2 aromatic carbocycles. The fraction of sp³-hybridized carbons (Fsp3) is 0.150. The van der Waals surface area contributed by atoms with Crippen LogP contribution in [0, 0.1) is 13.8 Å². The quantitative estimate of drug-likeness (QED) is 0.627. The molecule has 0 aliphatic heterocycles. The number of amides is 2. The van der Waals surface area contributed by atoms with Crippen molar-refractivity contribution in [1.82, 2.24) is 9.78 Å². The third-order valence-corrected chi connectivity index (χ3v) is 4.97. The molecule has 1 aromatic heterocycles. The summed E-state index contributed by atoms with van der Waals surface area (Å²) in [4.78, 5) is 23.6. The van der Waals surface area contributed by atoms with Crippen molar-refractivity contribution < 1.29 is 9.59 Å². The summed E-state index contributed by atoms with van der Waals surface area (Å²) >= 11 is 12.3. The summed E-state index contributed by atoms with van der Waals surface area (Å²) in [7, 11) is 0. The monoisotopic (exact) mass is 416 g/mol. The van der Waals surface area contributed by atoms with Gasteiger partial charge in [-0.25, -0.2) is 4.68 Å². The van der Waals surface area contributed by atoms with Gasteiger partial charge in [0.05, 0.1) is 32.8 Å². The first-order valence-electron chi connectivity index (χ1n) is 8.47. The number of rotatable bonds is 4. The van der Waals surface area contributed by atoms with Crippen LogP contribution in [0.4, 0.5) is 11.4 Å². The highest BCUT2D eigenvalue weighted by Crippen LogP contribution is 2.26. The van der Waals surface area contributed by atoms with E-state index in [1.165, 1.54) is 6.92 Å². The minimum absolute atomic E-state index is 0.220. The number of nitrogens with one attached hydrogen (secondary N) is 2. The van der Waals surface area contributed by atoms with Crippen LogP contribution in [-0.4, -0.2) is 21.6 Å². The number of nitrogens with zero attached hydrogens (tertiary/aromatic N) is 2. The van der Waals surface area contributed by atoms with Crippen LogP contribution >= 0.6 is 23.2 Å². The van der Waals surface area contributed by atoms with Crippen LogP contribution < -0.4 is 10.6 Å². The van der Waals surface area contributed by atoms with Gasteiger partial charge in [0, 0.05) is 18.2 Å². The molecule has 8 heteroatoms. The number of halogens is 2. The molecule has 0 saturated heterocycles. The van der Waals surface area contributed by atoms with E-state index < -0.39 is 0 Å². The summed E-state index contributed by atoms with van der Waals surface area (Å²) in [5.41, 5.74) is 3.90. The minimum atomic E-state index is -0.277. The summed E-state index contributed by atoms with van der Waals surface area (Å²) in [5.74, 6) is -0.496. The molecule has 0 spiro atoms. The minimum Gasteiger partial charge on any atom is -0.325 e. The Bertz CT molecular complexity index is 1060. The van der Waals surface area contributed by atoms with Gasteiger partial charge in [-0.15, -0.1) is 0 Å². The number of benzene rings is 2. The van der Waals surface area contributed by atoms with Crippen LogP contribution in [0.1, 0.15) is 28.7 Å². The molecule has 3 rings (SSSR count). The molecule has 0 aliphatic rings. The van der Waals surface area contributed by atoms with Crippen molar-refractivity contribution in [2.75, 3.05) is 10.6 Å². The maximum atomic E-state index is 12.5. The molecule has 0 aliphatic carbocycles. The lowest BCUT2D eigenvalue weighted by molar-refractivity contribution is -0.114. The molecular weight excluding hydrogens is 399 g/mol. The summed E-state index contributed by atoms with van der Waals surface area (Å²) < 4.78 is 1.74. The summed E-state index contributed by atoms with van der Waals surface area (Å²) in [6.07, 6.45) is 0. The van der Waals surface area contributed by atoms with Crippen molar-refractivity contribution >= 4 is 46.4 Å². The van der Waals surface area contributed by atoms with Crippen LogP contribution in [0.2, 0.25) is 10.0 Å². The van der Waals surface area contributed by atoms with Crippen LogP contribution in [0.25, 0.3) is 5.69 Å². The average molecular weight is 417 g/mol. The summed E-state index contributed by atoms with van der Waals surface area (Å²) in [5, 5.41) is 10.8. The second kappa shape index (κ2) is 8.04. The van der Waals surface area contributed by atoms with E-state index in [0.29, 0.717) is 27.0 Å². The molecule has 0 bridgehead atoms. The van der Waals surface area contributed by atoms with E-state index in [0.717, 1.165) is 17.1 Å². The van der Waals surface area contributed by atoms with Gasteiger partial charge in [-0.1, -0.05) is 23.2 Å². The Hall–Kier alpha value is -2.83. The van der Waals surface area contributed by atoms with Gasteiger partial charge in [0.1, 0.15) is 0 Å². The highest BCUT2D eigenvalue weighted by molar-refractivity contribution is 6.34. The molecule has 2 N–H and O–H groups in total. The first kappa shape index (κ1) is 19.9. The Labute approximate surface area is 172 Å². The number of hydrogen-bond acceptors (Lipinski definition) is 3. The summed E-state index contributed by atoms with van der Waals surface area (Å²) in [6, 6.07) is 11.9. The molecule has 1 heterocycles. The largest absolute Gasteiger partial charge is 0.325 e. The van der Waals surface area contributed by atoms with Crippen molar-refractivity contribution in [1.29, 1.82) is 0 Å². The second-order valence-electron chi connectivity index (χ2n) is 6.27. The lowest BCUT2D eigenvalue weighted by Gasteiger charge is -2.10.